The first-order valence-corrected chi connectivity index (χ1v) is 8.96. The monoisotopic (exact) mass is 352 g/mol. The normalized spacial score (nSPS) is 22.6. The van der Waals surface area contributed by atoms with Gasteiger partial charge in [0.15, 0.2) is 0 Å². The van der Waals surface area contributed by atoms with Gasteiger partial charge in [0.25, 0.3) is 0 Å². The van der Waals surface area contributed by atoms with E-state index in [1.54, 1.807) is 14.2 Å². The van der Waals surface area contributed by atoms with Crippen molar-refractivity contribution in [2.75, 3.05) is 27.4 Å². The van der Waals surface area contributed by atoms with Crippen LogP contribution in [0.3, 0.4) is 0 Å². The van der Waals surface area contributed by atoms with Crippen LogP contribution in [-0.2, 0) is 11.3 Å². The van der Waals surface area contributed by atoms with Crippen LogP contribution in [0.2, 0.25) is 0 Å². The summed E-state index contributed by atoms with van der Waals surface area (Å²) in [5.41, 5.74) is 3.66. The Labute approximate surface area is 154 Å². The summed E-state index contributed by atoms with van der Waals surface area (Å²) in [5.74, 6) is 1.18. The summed E-state index contributed by atoms with van der Waals surface area (Å²) < 4.78 is 16.6. The third-order valence-electron chi connectivity index (χ3n) is 5.13. The number of rotatable bonds is 5. The van der Waals surface area contributed by atoms with E-state index in [0.717, 1.165) is 31.7 Å². The van der Waals surface area contributed by atoms with Crippen molar-refractivity contribution in [1.82, 2.24) is 9.88 Å². The van der Waals surface area contributed by atoms with Gasteiger partial charge in [0.1, 0.15) is 0 Å². The number of pyridine rings is 1. The Balaban J connectivity index is 1.62. The molecular weight excluding hydrogens is 328 g/mol. The van der Waals surface area contributed by atoms with Crippen molar-refractivity contribution >= 4 is 5.57 Å². The van der Waals surface area contributed by atoms with E-state index in [0.29, 0.717) is 17.8 Å². The average molecular weight is 352 g/mol. The SMILES string of the molecule is COc1ccc(C2=CC3COCC(C2)N3Cc2ccccc2)c(OC)n1. The van der Waals surface area contributed by atoms with Crippen molar-refractivity contribution in [3.8, 4) is 11.8 Å². The lowest BCUT2D eigenvalue weighted by Gasteiger charge is -2.44. The predicted octanol–water partition coefficient (Wildman–Crippen LogP) is 3.16. The van der Waals surface area contributed by atoms with Gasteiger partial charge in [-0.25, -0.2) is 0 Å². The molecule has 1 aromatic carbocycles. The summed E-state index contributed by atoms with van der Waals surface area (Å²) in [6, 6.07) is 15.2. The number of morpholine rings is 1. The predicted molar refractivity (Wildman–Crippen MR) is 100 cm³/mol. The van der Waals surface area contributed by atoms with Gasteiger partial charge >= 0.3 is 0 Å². The van der Waals surface area contributed by atoms with Crippen molar-refractivity contribution in [2.45, 2.75) is 25.0 Å². The molecular formula is C21H24N2O3. The van der Waals surface area contributed by atoms with Gasteiger partial charge in [0.05, 0.1) is 33.5 Å². The molecule has 2 atom stereocenters. The number of benzene rings is 1. The zero-order valence-electron chi connectivity index (χ0n) is 15.2. The summed E-state index contributed by atoms with van der Waals surface area (Å²) in [7, 11) is 3.27. The van der Waals surface area contributed by atoms with Crippen molar-refractivity contribution in [2.24, 2.45) is 0 Å². The van der Waals surface area contributed by atoms with Crippen LogP contribution >= 0.6 is 0 Å². The molecule has 0 N–H and O–H groups in total. The van der Waals surface area contributed by atoms with Gasteiger partial charge in [-0.3, -0.25) is 4.90 Å². The first-order valence-electron chi connectivity index (χ1n) is 8.96. The fourth-order valence-corrected chi connectivity index (χ4v) is 3.84. The van der Waals surface area contributed by atoms with Gasteiger partial charge in [-0.2, -0.15) is 4.98 Å². The highest BCUT2D eigenvalue weighted by molar-refractivity contribution is 5.71. The van der Waals surface area contributed by atoms with Crippen LogP contribution < -0.4 is 9.47 Å². The largest absolute Gasteiger partial charge is 0.481 e. The van der Waals surface area contributed by atoms with Crippen LogP contribution in [0, 0.1) is 0 Å². The quantitative estimate of drug-likeness (QED) is 0.827. The van der Waals surface area contributed by atoms with E-state index in [2.05, 4.69) is 46.3 Å². The van der Waals surface area contributed by atoms with Gasteiger partial charge in [-0.15, -0.1) is 0 Å². The van der Waals surface area contributed by atoms with Crippen LogP contribution in [0.15, 0.2) is 48.5 Å². The highest BCUT2D eigenvalue weighted by atomic mass is 16.5. The number of aromatic nitrogens is 1. The molecule has 1 aromatic heterocycles. The molecule has 26 heavy (non-hydrogen) atoms. The molecule has 1 saturated heterocycles. The third-order valence-corrected chi connectivity index (χ3v) is 5.13. The standard InChI is InChI=1S/C21H24N2O3/c1-24-20-9-8-19(21(22-20)25-2)16-10-17-13-26-14-18(11-16)23(17)12-15-6-4-3-5-7-15/h3-10,17-18H,11-14H2,1-2H3. The Morgan fingerprint density at radius 1 is 1.08 bits per heavy atom. The molecule has 2 aromatic rings. The zero-order chi connectivity index (χ0) is 17.9. The Bertz CT molecular complexity index is 791. The summed E-state index contributed by atoms with van der Waals surface area (Å²) >= 11 is 0. The molecule has 2 aliphatic heterocycles. The minimum atomic E-state index is 0.268. The lowest BCUT2D eigenvalue weighted by molar-refractivity contribution is -0.0403. The van der Waals surface area contributed by atoms with Gasteiger partial charge in [-0.05, 0) is 23.6 Å². The molecule has 2 bridgehead atoms. The zero-order valence-corrected chi connectivity index (χ0v) is 15.2. The van der Waals surface area contributed by atoms with E-state index in [-0.39, 0.29) is 6.04 Å². The summed E-state index contributed by atoms with van der Waals surface area (Å²) in [4.78, 5) is 6.98. The van der Waals surface area contributed by atoms with Crippen LogP contribution in [-0.4, -0.2) is 49.4 Å². The number of fused-ring (bicyclic) bond motifs is 2. The number of hydrogen-bond donors (Lipinski definition) is 0. The first kappa shape index (κ1) is 17.1. The molecule has 4 rings (SSSR count). The maximum absolute atomic E-state index is 5.83. The number of ether oxygens (including phenoxy) is 3. The van der Waals surface area contributed by atoms with Gasteiger partial charge in [0.2, 0.25) is 11.8 Å². The Morgan fingerprint density at radius 2 is 1.92 bits per heavy atom. The van der Waals surface area contributed by atoms with E-state index in [1.165, 1.54) is 11.1 Å². The molecule has 5 nitrogen and oxygen atoms in total. The third kappa shape index (κ3) is 3.32. The van der Waals surface area contributed by atoms with E-state index in [1.807, 2.05) is 12.1 Å². The summed E-state index contributed by atoms with van der Waals surface area (Å²) in [6.45, 7) is 2.42. The highest BCUT2D eigenvalue weighted by Gasteiger charge is 2.35. The molecule has 0 aliphatic carbocycles. The van der Waals surface area contributed by atoms with Crippen LogP contribution in [0.5, 0.6) is 11.8 Å². The van der Waals surface area contributed by atoms with E-state index in [9.17, 15) is 0 Å². The fourth-order valence-electron chi connectivity index (χ4n) is 3.84. The van der Waals surface area contributed by atoms with Crippen LogP contribution in [0.4, 0.5) is 0 Å². The average Bonchev–Trinajstić information content (AvgIpc) is 2.68. The molecule has 0 saturated carbocycles. The summed E-state index contributed by atoms with van der Waals surface area (Å²) in [5, 5.41) is 0. The van der Waals surface area contributed by atoms with E-state index >= 15 is 0 Å². The minimum absolute atomic E-state index is 0.268. The lowest BCUT2D eigenvalue weighted by atomic mass is 9.89. The van der Waals surface area contributed by atoms with Gasteiger partial charge in [-0.1, -0.05) is 36.4 Å². The van der Waals surface area contributed by atoms with Crippen molar-refractivity contribution in [3.63, 3.8) is 0 Å². The van der Waals surface area contributed by atoms with Gasteiger partial charge < -0.3 is 14.2 Å². The summed E-state index contributed by atoms with van der Waals surface area (Å²) in [6.07, 6.45) is 3.23. The van der Waals surface area contributed by atoms with Crippen LogP contribution in [0.1, 0.15) is 17.5 Å². The fraction of sp³-hybridized carbons (Fsp3) is 0.381. The molecule has 0 radical (unpaired) electrons. The molecule has 0 spiro atoms. The molecule has 136 valence electrons. The van der Waals surface area contributed by atoms with Crippen LogP contribution in [0.25, 0.3) is 5.57 Å². The second kappa shape index (κ2) is 7.48. The Hall–Kier alpha value is -2.37. The number of hydrogen-bond acceptors (Lipinski definition) is 5. The maximum Gasteiger partial charge on any atom is 0.224 e. The minimum Gasteiger partial charge on any atom is -0.481 e. The van der Waals surface area contributed by atoms with Gasteiger partial charge in [0, 0.05) is 24.2 Å². The Kier molecular flexibility index (Phi) is 4.91. The maximum atomic E-state index is 5.83. The molecule has 3 heterocycles. The van der Waals surface area contributed by atoms with Crippen molar-refractivity contribution in [3.05, 3.63) is 59.7 Å². The molecule has 0 amide bonds. The van der Waals surface area contributed by atoms with Crippen molar-refractivity contribution < 1.29 is 14.2 Å². The highest BCUT2D eigenvalue weighted by Crippen LogP contribution is 2.37. The molecule has 5 heteroatoms. The van der Waals surface area contributed by atoms with E-state index < -0.39 is 0 Å². The van der Waals surface area contributed by atoms with E-state index in [4.69, 9.17) is 14.2 Å². The molecule has 1 fully saturated rings. The molecule has 2 aliphatic rings. The smallest absolute Gasteiger partial charge is 0.224 e. The topological polar surface area (TPSA) is 43.8 Å². The number of nitrogens with zero attached hydrogens (tertiary/aromatic N) is 2. The first-order chi connectivity index (χ1) is 12.8. The lowest BCUT2D eigenvalue weighted by Crippen LogP contribution is -2.53. The molecule has 2 unspecified atom stereocenters. The second-order valence-electron chi connectivity index (χ2n) is 6.72. The van der Waals surface area contributed by atoms with Crippen molar-refractivity contribution in [1.29, 1.82) is 0 Å². The second-order valence-corrected chi connectivity index (χ2v) is 6.72. The number of methoxy groups -OCH3 is 2. The Morgan fingerprint density at radius 3 is 2.65 bits per heavy atom.